The SMILES string of the molecule is CC1(c2cc(C(=O)O)n[nH]2)CCNC1. The molecule has 0 saturated carbocycles. The molecule has 14 heavy (non-hydrogen) atoms. The average Bonchev–Trinajstić information content (AvgIpc) is 2.71. The van der Waals surface area contributed by atoms with Crippen LogP contribution in [0.2, 0.25) is 0 Å². The highest BCUT2D eigenvalue weighted by Crippen LogP contribution is 2.28. The van der Waals surface area contributed by atoms with E-state index in [2.05, 4.69) is 22.4 Å². The number of carboxylic acids is 1. The van der Waals surface area contributed by atoms with E-state index in [4.69, 9.17) is 5.11 Å². The number of carboxylic acid groups (broad SMARTS) is 1. The summed E-state index contributed by atoms with van der Waals surface area (Å²) in [7, 11) is 0. The Balaban J connectivity index is 2.28. The van der Waals surface area contributed by atoms with Gasteiger partial charge in [0.25, 0.3) is 0 Å². The van der Waals surface area contributed by atoms with Crippen LogP contribution in [0.25, 0.3) is 0 Å². The maximum atomic E-state index is 10.6. The Morgan fingerprint density at radius 1 is 1.71 bits per heavy atom. The first kappa shape index (κ1) is 9.21. The third-order valence-electron chi connectivity index (χ3n) is 2.82. The normalized spacial score (nSPS) is 26.6. The summed E-state index contributed by atoms with van der Waals surface area (Å²) in [5.41, 5.74) is 0.994. The van der Waals surface area contributed by atoms with Crippen LogP contribution < -0.4 is 5.32 Å². The van der Waals surface area contributed by atoms with Crippen molar-refractivity contribution in [3.8, 4) is 0 Å². The molecule has 1 aromatic heterocycles. The van der Waals surface area contributed by atoms with E-state index >= 15 is 0 Å². The molecule has 1 aliphatic heterocycles. The van der Waals surface area contributed by atoms with Gasteiger partial charge in [-0.25, -0.2) is 4.79 Å². The van der Waals surface area contributed by atoms with E-state index in [1.54, 1.807) is 6.07 Å². The number of rotatable bonds is 2. The number of H-pyrrole nitrogens is 1. The second kappa shape index (κ2) is 3.09. The van der Waals surface area contributed by atoms with Crippen LogP contribution in [0, 0.1) is 0 Å². The molecule has 0 radical (unpaired) electrons. The van der Waals surface area contributed by atoms with Crippen LogP contribution in [0.15, 0.2) is 6.07 Å². The molecule has 0 amide bonds. The Morgan fingerprint density at radius 2 is 2.50 bits per heavy atom. The number of aromatic nitrogens is 2. The van der Waals surface area contributed by atoms with Crippen LogP contribution in [-0.4, -0.2) is 34.4 Å². The smallest absolute Gasteiger partial charge is 0.356 e. The molecule has 0 aliphatic carbocycles. The lowest BCUT2D eigenvalue weighted by Crippen LogP contribution is -2.25. The van der Waals surface area contributed by atoms with Crippen molar-refractivity contribution in [3.63, 3.8) is 0 Å². The highest BCUT2D eigenvalue weighted by atomic mass is 16.4. The first-order valence-electron chi connectivity index (χ1n) is 4.62. The summed E-state index contributed by atoms with van der Waals surface area (Å²) in [4.78, 5) is 10.6. The minimum Gasteiger partial charge on any atom is -0.476 e. The van der Waals surface area contributed by atoms with Gasteiger partial charge in [0.15, 0.2) is 5.69 Å². The van der Waals surface area contributed by atoms with Gasteiger partial charge in [0.1, 0.15) is 0 Å². The van der Waals surface area contributed by atoms with E-state index in [0.29, 0.717) is 0 Å². The summed E-state index contributed by atoms with van der Waals surface area (Å²) >= 11 is 0. The summed E-state index contributed by atoms with van der Waals surface area (Å²) < 4.78 is 0. The molecular formula is C9H13N3O2. The fourth-order valence-corrected chi connectivity index (χ4v) is 1.79. The van der Waals surface area contributed by atoms with Gasteiger partial charge < -0.3 is 10.4 Å². The fraction of sp³-hybridized carbons (Fsp3) is 0.556. The number of carbonyl (C=O) groups is 1. The summed E-state index contributed by atoms with van der Waals surface area (Å²) in [5.74, 6) is -0.984. The van der Waals surface area contributed by atoms with Crippen molar-refractivity contribution in [2.75, 3.05) is 13.1 Å². The topological polar surface area (TPSA) is 78.0 Å². The van der Waals surface area contributed by atoms with E-state index in [1.807, 2.05) is 0 Å². The van der Waals surface area contributed by atoms with Gasteiger partial charge in [-0.05, 0) is 19.0 Å². The van der Waals surface area contributed by atoms with Gasteiger partial charge in [-0.1, -0.05) is 6.92 Å². The van der Waals surface area contributed by atoms with Gasteiger partial charge in [-0.15, -0.1) is 0 Å². The molecule has 1 fully saturated rings. The summed E-state index contributed by atoms with van der Waals surface area (Å²) in [6, 6.07) is 1.62. The zero-order valence-corrected chi connectivity index (χ0v) is 8.00. The van der Waals surface area contributed by atoms with Crippen LogP contribution in [0.1, 0.15) is 29.5 Å². The van der Waals surface area contributed by atoms with E-state index in [1.165, 1.54) is 0 Å². The largest absolute Gasteiger partial charge is 0.476 e. The number of hydrogen-bond acceptors (Lipinski definition) is 3. The molecule has 2 rings (SSSR count). The fourth-order valence-electron chi connectivity index (χ4n) is 1.79. The van der Waals surface area contributed by atoms with Gasteiger partial charge >= 0.3 is 5.97 Å². The predicted octanol–water partition coefficient (Wildman–Crippen LogP) is 0.359. The molecule has 0 bridgehead atoms. The second-order valence-electron chi connectivity index (χ2n) is 3.96. The third-order valence-corrected chi connectivity index (χ3v) is 2.82. The molecule has 0 spiro atoms. The molecule has 76 valence electrons. The van der Waals surface area contributed by atoms with E-state index in [-0.39, 0.29) is 11.1 Å². The lowest BCUT2D eigenvalue weighted by Gasteiger charge is -2.19. The van der Waals surface area contributed by atoms with Crippen molar-refractivity contribution in [2.24, 2.45) is 0 Å². The maximum absolute atomic E-state index is 10.6. The van der Waals surface area contributed by atoms with Crippen LogP contribution in [0.4, 0.5) is 0 Å². The molecule has 0 aromatic carbocycles. The monoisotopic (exact) mass is 195 g/mol. The van der Waals surface area contributed by atoms with Gasteiger partial charge in [0.2, 0.25) is 0 Å². The number of aromatic amines is 1. The first-order chi connectivity index (χ1) is 6.62. The van der Waals surface area contributed by atoms with Crippen molar-refractivity contribution >= 4 is 5.97 Å². The predicted molar refractivity (Wildman–Crippen MR) is 50.4 cm³/mol. The van der Waals surface area contributed by atoms with Crippen LogP contribution in [-0.2, 0) is 5.41 Å². The molecule has 1 unspecified atom stereocenters. The molecule has 3 N–H and O–H groups in total. The summed E-state index contributed by atoms with van der Waals surface area (Å²) in [6.07, 6.45) is 1.01. The van der Waals surface area contributed by atoms with Crippen molar-refractivity contribution in [1.82, 2.24) is 15.5 Å². The number of aromatic carboxylic acids is 1. The Kier molecular flexibility index (Phi) is 2.03. The zero-order chi connectivity index (χ0) is 10.2. The minimum absolute atomic E-state index is 0.000694. The molecule has 1 aliphatic rings. The molecule has 1 aromatic rings. The lowest BCUT2D eigenvalue weighted by atomic mass is 9.86. The van der Waals surface area contributed by atoms with Crippen molar-refractivity contribution in [1.29, 1.82) is 0 Å². The Labute approximate surface area is 81.5 Å². The quantitative estimate of drug-likeness (QED) is 0.636. The van der Waals surface area contributed by atoms with Crippen molar-refractivity contribution < 1.29 is 9.90 Å². The summed E-state index contributed by atoms with van der Waals surface area (Å²) in [5, 5.41) is 18.5. The first-order valence-corrected chi connectivity index (χ1v) is 4.62. The highest BCUT2D eigenvalue weighted by molar-refractivity contribution is 5.85. The van der Waals surface area contributed by atoms with Crippen molar-refractivity contribution in [3.05, 3.63) is 17.5 Å². The number of nitrogens with one attached hydrogen (secondary N) is 2. The van der Waals surface area contributed by atoms with E-state index in [9.17, 15) is 4.79 Å². The van der Waals surface area contributed by atoms with E-state index < -0.39 is 5.97 Å². The Bertz CT molecular complexity index is 353. The van der Waals surface area contributed by atoms with Crippen LogP contribution in [0.3, 0.4) is 0 Å². The highest BCUT2D eigenvalue weighted by Gasteiger charge is 2.32. The minimum atomic E-state index is -0.984. The summed E-state index contributed by atoms with van der Waals surface area (Å²) in [6.45, 7) is 3.94. The third kappa shape index (κ3) is 1.39. The average molecular weight is 195 g/mol. The molecule has 2 heterocycles. The molecular weight excluding hydrogens is 182 g/mol. The maximum Gasteiger partial charge on any atom is 0.356 e. The molecule has 1 atom stereocenters. The van der Waals surface area contributed by atoms with Crippen molar-refractivity contribution in [2.45, 2.75) is 18.8 Å². The van der Waals surface area contributed by atoms with Gasteiger partial charge in [-0.2, -0.15) is 5.10 Å². The van der Waals surface area contributed by atoms with Gasteiger partial charge in [0, 0.05) is 17.7 Å². The molecule has 1 saturated heterocycles. The number of hydrogen-bond donors (Lipinski definition) is 3. The van der Waals surface area contributed by atoms with Gasteiger partial charge in [0.05, 0.1) is 0 Å². The number of nitrogens with zero attached hydrogens (tertiary/aromatic N) is 1. The van der Waals surface area contributed by atoms with Crippen LogP contribution >= 0.6 is 0 Å². The molecule has 5 nitrogen and oxygen atoms in total. The second-order valence-corrected chi connectivity index (χ2v) is 3.96. The zero-order valence-electron chi connectivity index (χ0n) is 8.00. The lowest BCUT2D eigenvalue weighted by molar-refractivity contribution is 0.0690. The van der Waals surface area contributed by atoms with Gasteiger partial charge in [-0.3, -0.25) is 5.10 Å². The molecule has 5 heteroatoms. The standard InChI is InChI=1S/C9H13N3O2/c1-9(2-3-10-5-9)7-4-6(8(13)14)11-12-7/h4,10H,2-3,5H2,1H3,(H,11,12)(H,13,14). The van der Waals surface area contributed by atoms with Crippen LogP contribution in [0.5, 0.6) is 0 Å². The Hall–Kier alpha value is -1.36. The van der Waals surface area contributed by atoms with E-state index in [0.717, 1.165) is 25.2 Å². The Morgan fingerprint density at radius 3 is 3.00 bits per heavy atom.